The summed E-state index contributed by atoms with van der Waals surface area (Å²) in [4.78, 5) is 0. The molecule has 0 fully saturated rings. The fraction of sp³-hybridized carbons (Fsp3) is 0.467. The van der Waals surface area contributed by atoms with Crippen LogP contribution < -0.4 is 5.32 Å². The second kappa shape index (κ2) is 6.35. The van der Waals surface area contributed by atoms with Crippen LogP contribution in [0.25, 0.3) is 0 Å². The molecule has 0 amide bonds. The van der Waals surface area contributed by atoms with Crippen LogP contribution in [-0.2, 0) is 5.41 Å². The van der Waals surface area contributed by atoms with E-state index in [1.54, 1.807) is 0 Å². The van der Waals surface area contributed by atoms with E-state index in [4.69, 9.17) is 0 Å². The van der Waals surface area contributed by atoms with Crippen LogP contribution in [-0.4, -0.2) is 13.1 Å². The van der Waals surface area contributed by atoms with Crippen LogP contribution in [0.15, 0.2) is 30.3 Å². The zero-order valence-electron chi connectivity index (χ0n) is 10.5. The van der Waals surface area contributed by atoms with Crippen molar-refractivity contribution in [3.8, 4) is 11.8 Å². The molecule has 1 N–H and O–H groups in total. The van der Waals surface area contributed by atoms with E-state index < -0.39 is 0 Å². The summed E-state index contributed by atoms with van der Waals surface area (Å²) < 4.78 is 0. The summed E-state index contributed by atoms with van der Waals surface area (Å²) in [5.41, 5.74) is 1.56. The average molecular weight is 215 g/mol. The zero-order chi connectivity index (χ0) is 11.9. The molecule has 0 saturated carbocycles. The maximum Gasteiger partial charge on any atom is 0.0214 e. The van der Waals surface area contributed by atoms with Gasteiger partial charge in [-0.2, -0.15) is 0 Å². The Labute approximate surface area is 99.3 Å². The van der Waals surface area contributed by atoms with Crippen LogP contribution in [0.4, 0.5) is 0 Å². The lowest BCUT2D eigenvalue weighted by Gasteiger charge is -2.25. The lowest BCUT2D eigenvalue weighted by atomic mass is 9.84. The normalized spacial score (nSPS) is 10.7. The van der Waals surface area contributed by atoms with E-state index in [9.17, 15) is 0 Å². The fourth-order valence-corrected chi connectivity index (χ4v) is 1.67. The minimum absolute atomic E-state index is 0.181. The molecular weight excluding hydrogens is 194 g/mol. The highest BCUT2D eigenvalue weighted by atomic mass is 14.9. The van der Waals surface area contributed by atoms with Gasteiger partial charge in [-0.1, -0.05) is 44.2 Å². The largest absolute Gasteiger partial charge is 0.315 e. The molecule has 0 radical (unpaired) electrons. The minimum atomic E-state index is 0.181. The van der Waals surface area contributed by atoms with Crippen molar-refractivity contribution in [3.63, 3.8) is 0 Å². The third kappa shape index (κ3) is 4.08. The van der Waals surface area contributed by atoms with Gasteiger partial charge in [-0.25, -0.2) is 0 Å². The Balaban J connectivity index is 2.42. The van der Waals surface area contributed by atoms with Gasteiger partial charge in [0.15, 0.2) is 0 Å². The van der Waals surface area contributed by atoms with E-state index in [1.165, 1.54) is 5.56 Å². The van der Waals surface area contributed by atoms with Gasteiger partial charge in [0, 0.05) is 24.9 Å². The standard InChI is InChI=1S/C15H21N/c1-4-5-9-12-16-13-15(2,3)14-10-7-6-8-11-14/h6-8,10-11,16H,9,12-13H2,1-3H3. The number of rotatable bonds is 5. The monoisotopic (exact) mass is 215 g/mol. The summed E-state index contributed by atoms with van der Waals surface area (Å²) in [7, 11) is 0. The first kappa shape index (κ1) is 12.8. The molecule has 0 heterocycles. The summed E-state index contributed by atoms with van der Waals surface area (Å²) in [5, 5.41) is 3.46. The SMILES string of the molecule is CC#CCCNCC(C)(C)c1ccccc1. The highest BCUT2D eigenvalue weighted by Crippen LogP contribution is 2.21. The highest BCUT2D eigenvalue weighted by molar-refractivity contribution is 5.23. The van der Waals surface area contributed by atoms with Crippen molar-refractivity contribution in [1.29, 1.82) is 0 Å². The van der Waals surface area contributed by atoms with Crippen LogP contribution in [0.2, 0.25) is 0 Å². The smallest absolute Gasteiger partial charge is 0.0214 e. The van der Waals surface area contributed by atoms with E-state index in [2.05, 4.69) is 61.3 Å². The quantitative estimate of drug-likeness (QED) is 0.588. The molecule has 1 nitrogen and oxygen atoms in total. The Morgan fingerprint density at radius 3 is 2.50 bits per heavy atom. The first-order valence-corrected chi connectivity index (χ1v) is 5.82. The Morgan fingerprint density at radius 1 is 1.19 bits per heavy atom. The predicted molar refractivity (Wildman–Crippen MR) is 70.4 cm³/mol. The Kier molecular flexibility index (Phi) is 5.08. The summed E-state index contributed by atoms with van der Waals surface area (Å²) >= 11 is 0. The van der Waals surface area contributed by atoms with Crippen molar-refractivity contribution in [2.24, 2.45) is 0 Å². The second-order valence-electron chi connectivity index (χ2n) is 4.60. The summed E-state index contributed by atoms with van der Waals surface area (Å²) in [6.07, 6.45) is 0.932. The molecule has 0 bridgehead atoms. The van der Waals surface area contributed by atoms with Crippen LogP contribution in [0.5, 0.6) is 0 Å². The molecule has 1 aromatic carbocycles. The number of hydrogen-bond acceptors (Lipinski definition) is 1. The van der Waals surface area contributed by atoms with Crippen molar-refractivity contribution in [3.05, 3.63) is 35.9 Å². The van der Waals surface area contributed by atoms with Gasteiger partial charge in [-0.3, -0.25) is 0 Å². The van der Waals surface area contributed by atoms with E-state index in [0.29, 0.717) is 0 Å². The van der Waals surface area contributed by atoms with Crippen LogP contribution in [0, 0.1) is 11.8 Å². The first-order chi connectivity index (χ1) is 7.67. The molecule has 0 aliphatic heterocycles. The zero-order valence-corrected chi connectivity index (χ0v) is 10.5. The maximum atomic E-state index is 3.46. The van der Waals surface area contributed by atoms with Gasteiger partial charge >= 0.3 is 0 Å². The topological polar surface area (TPSA) is 12.0 Å². The molecule has 0 atom stereocenters. The lowest BCUT2D eigenvalue weighted by Crippen LogP contribution is -2.33. The Morgan fingerprint density at radius 2 is 1.88 bits per heavy atom. The van der Waals surface area contributed by atoms with Gasteiger partial charge in [-0.15, -0.1) is 11.8 Å². The van der Waals surface area contributed by atoms with E-state index in [1.807, 2.05) is 6.92 Å². The third-order valence-electron chi connectivity index (χ3n) is 2.73. The van der Waals surface area contributed by atoms with Crippen LogP contribution >= 0.6 is 0 Å². The van der Waals surface area contributed by atoms with Crippen molar-refractivity contribution < 1.29 is 0 Å². The van der Waals surface area contributed by atoms with Crippen molar-refractivity contribution in [1.82, 2.24) is 5.32 Å². The molecule has 0 unspecified atom stereocenters. The van der Waals surface area contributed by atoms with E-state index >= 15 is 0 Å². The van der Waals surface area contributed by atoms with E-state index in [-0.39, 0.29) is 5.41 Å². The molecule has 86 valence electrons. The van der Waals surface area contributed by atoms with E-state index in [0.717, 1.165) is 19.5 Å². The first-order valence-electron chi connectivity index (χ1n) is 5.82. The summed E-state index contributed by atoms with van der Waals surface area (Å²) in [6.45, 7) is 8.37. The average Bonchev–Trinajstić information content (AvgIpc) is 2.30. The van der Waals surface area contributed by atoms with Gasteiger partial charge in [-0.05, 0) is 12.5 Å². The minimum Gasteiger partial charge on any atom is -0.315 e. The third-order valence-corrected chi connectivity index (χ3v) is 2.73. The van der Waals surface area contributed by atoms with Gasteiger partial charge in [0.25, 0.3) is 0 Å². The molecule has 0 aliphatic carbocycles. The molecule has 1 aromatic rings. The number of hydrogen-bond donors (Lipinski definition) is 1. The van der Waals surface area contributed by atoms with Crippen molar-refractivity contribution in [2.75, 3.05) is 13.1 Å². The van der Waals surface area contributed by atoms with Gasteiger partial charge < -0.3 is 5.32 Å². The molecule has 0 aliphatic rings. The molecular formula is C15H21N. The summed E-state index contributed by atoms with van der Waals surface area (Å²) in [6, 6.07) is 10.6. The molecule has 0 aromatic heterocycles. The van der Waals surface area contributed by atoms with Gasteiger partial charge in [0.1, 0.15) is 0 Å². The summed E-state index contributed by atoms with van der Waals surface area (Å²) in [5.74, 6) is 5.97. The molecule has 0 saturated heterocycles. The number of benzene rings is 1. The van der Waals surface area contributed by atoms with Crippen LogP contribution in [0.3, 0.4) is 0 Å². The molecule has 16 heavy (non-hydrogen) atoms. The molecule has 1 heteroatoms. The molecule has 1 rings (SSSR count). The Bertz CT molecular complexity index is 354. The maximum absolute atomic E-state index is 3.46. The molecule has 0 spiro atoms. The van der Waals surface area contributed by atoms with Crippen molar-refractivity contribution >= 4 is 0 Å². The second-order valence-corrected chi connectivity index (χ2v) is 4.60. The number of nitrogens with one attached hydrogen (secondary N) is 1. The lowest BCUT2D eigenvalue weighted by molar-refractivity contribution is 0.473. The van der Waals surface area contributed by atoms with Gasteiger partial charge in [0.05, 0.1) is 0 Å². The Hall–Kier alpha value is -1.26. The predicted octanol–water partition coefficient (Wildman–Crippen LogP) is 2.97. The van der Waals surface area contributed by atoms with Gasteiger partial charge in [0.2, 0.25) is 0 Å². The van der Waals surface area contributed by atoms with Crippen molar-refractivity contribution in [2.45, 2.75) is 32.6 Å². The fourth-order valence-electron chi connectivity index (χ4n) is 1.67. The van der Waals surface area contributed by atoms with Crippen LogP contribution in [0.1, 0.15) is 32.8 Å². The highest BCUT2D eigenvalue weighted by Gasteiger charge is 2.18.